The number of rotatable bonds is 13. The van der Waals surface area contributed by atoms with Crippen molar-refractivity contribution in [1.82, 2.24) is 10.2 Å². The molecule has 3 aromatic rings. The van der Waals surface area contributed by atoms with E-state index in [0.29, 0.717) is 18.0 Å². The van der Waals surface area contributed by atoms with Gasteiger partial charge in [0.05, 0.1) is 17.7 Å². The molecule has 0 aliphatic heterocycles. The third kappa shape index (κ3) is 7.83. The Balaban J connectivity index is 1.96. The highest BCUT2D eigenvalue weighted by Gasteiger charge is 2.32. The van der Waals surface area contributed by atoms with Crippen LogP contribution in [0.15, 0.2) is 83.8 Å². The second-order valence-corrected chi connectivity index (χ2v) is 11.2. The SMILES string of the molecule is CCCCNC(=O)[C@H](C)N(Cc1ccc(C)cc1)C(=O)CN(c1ccccc1)S(=O)(=O)c1ccc(OC)cc1. The Morgan fingerprint density at radius 2 is 1.59 bits per heavy atom. The van der Waals surface area contributed by atoms with Gasteiger partial charge in [0.25, 0.3) is 10.0 Å². The van der Waals surface area contributed by atoms with Crippen LogP contribution in [0.4, 0.5) is 5.69 Å². The van der Waals surface area contributed by atoms with Crippen LogP contribution in [0.25, 0.3) is 0 Å². The molecule has 9 heteroatoms. The van der Waals surface area contributed by atoms with Gasteiger partial charge >= 0.3 is 0 Å². The van der Waals surface area contributed by atoms with Crippen molar-refractivity contribution >= 4 is 27.5 Å². The first-order chi connectivity index (χ1) is 18.7. The standard InChI is InChI=1S/C30H37N3O5S/c1-5-6-20-31-30(35)24(3)32(21-25-14-12-23(2)13-15-25)29(34)22-33(26-10-8-7-9-11-26)39(36,37)28-18-16-27(38-4)17-19-28/h7-19,24H,5-6,20-22H2,1-4H3,(H,31,35)/t24-/m0/s1. The predicted octanol–water partition coefficient (Wildman–Crippen LogP) is 4.53. The van der Waals surface area contributed by atoms with Crippen molar-refractivity contribution in [3.8, 4) is 5.75 Å². The van der Waals surface area contributed by atoms with Gasteiger partial charge < -0.3 is 15.0 Å². The van der Waals surface area contributed by atoms with Gasteiger partial charge in [-0.3, -0.25) is 13.9 Å². The summed E-state index contributed by atoms with van der Waals surface area (Å²) in [5, 5.41) is 2.89. The van der Waals surface area contributed by atoms with Crippen LogP contribution in [0.5, 0.6) is 5.75 Å². The maximum Gasteiger partial charge on any atom is 0.264 e. The maximum atomic E-state index is 13.9. The van der Waals surface area contributed by atoms with Gasteiger partial charge in [0.15, 0.2) is 0 Å². The van der Waals surface area contributed by atoms with E-state index >= 15 is 0 Å². The van der Waals surface area contributed by atoms with E-state index < -0.39 is 28.5 Å². The second kappa shape index (κ2) is 13.8. The largest absolute Gasteiger partial charge is 0.497 e. The summed E-state index contributed by atoms with van der Waals surface area (Å²) >= 11 is 0. The van der Waals surface area contributed by atoms with Gasteiger partial charge in [0.2, 0.25) is 11.8 Å². The molecular formula is C30H37N3O5S. The summed E-state index contributed by atoms with van der Waals surface area (Å²) in [6, 6.07) is 21.4. The van der Waals surface area contributed by atoms with Gasteiger partial charge in [-0.2, -0.15) is 0 Å². The molecule has 0 spiro atoms. The van der Waals surface area contributed by atoms with E-state index in [4.69, 9.17) is 4.74 Å². The number of sulfonamides is 1. The molecule has 0 aromatic heterocycles. The molecular weight excluding hydrogens is 514 g/mol. The molecule has 0 aliphatic rings. The van der Waals surface area contributed by atoms with Crippen LogP contribution in [0.3, 0.4) is 0 Å². The summed E-state index contributed by atoms with van der Waals surface area (Å²) in [4.78, 5) is 28.3. The number of nitrogens with one attached hydrogen (secondary N) is 1. The molecule has 1 atom stereocenters. The number of carbonyl (C=O) groups excluding carboxylic acids is 2. The minimum absolute atomic E-state index is 0.0235. The number of amides is 2. The van der Waals surface area contributed by atoms with E-state index in [1.807, 2.05) is 38.1 Å². The van der Waals surface area contributed by atoms with Crippen molar-refractivity contribution in [2.45, 2.75) is 51.1 Å². The van der Waals surface area contributed by atoms with Crippen molar-refractivity contribution in [3.63, 3.8) is 0 Å². The Labute approximate surface area is 231 Å². The number of para-hydroxylation sites is 1. The van der Waals surface area contributed by atoms with Gasteiger partial charge in [-0.1, -0.05) is 61.4 Å². The lowest BCUT2D eigenvalue weighted by molar-refractivity contribution is -0.139. The Morgan fingerprint density at radius 3 is 2.18 bits per heavy atom. The highest BCUT2D eigenvalue weighted by molar-refractivity contribution is 7.92. The Bertz CT molecular complexity index is 1330. The van der Waals surface area contributed by atoms with Crippen LogP contribution in [0, 0.1) is 6.92 Å². The number of carbonyl (C=O) groups is 2. The Morgan fingerprint density at radius 1 is 0.949 bits per heavy atom. The molecule has 0 bridgehead atoms. The van der Waals surface area contributed by atoms with E-state index in [1.54, 1.807) is 49.4 Å². The van der Waals surface area contributed by atoms with Gasteiger partial charge in [-0.15, -0.1) is 0 Å². The van der Waals surface area contributed by atoms with Crippen LogP contribution in [0.1, 0.15) is 37.8 Å². The zero-order chi connectivity index (χ0) is 28.4. The summed E-state index contributed by atoms with van der Waals surface area (Å²) in [6.45, 7) is 5.86. The molecule has 208 valence electrons. The van der Waals surface area contributed by atoms with Crippen molar-refractivity contribution in [3.05, 3.63) is 90.0 Å². The van der Waals surface area contributed by atoms with Crippen LogP contribution >= 0.6 is 0 Å². The lowest BCUT2D eigenvalue weighted by Crippen LogP contribution is -2.51. The highest BCUT2D eigenvalue weighted by Crippen LogP contribution is 2.25. The number of unbranched alkanes of at least 4 members (excludes halogenated alkanes) is 1. The third-order valence-electron chi connectivity index (χ3n) is 6.44. The summed E-state index contributed by atoms with van der Waals surface area (Å²) in [7, 11) is -2.62. The summed E-state index contributed by atoms with van der Waals surface area (Å²) in [5.74, 6) is -0.258. The monoisotopic (exact) mass is 551 g/mol. The first kappa shape index (κ1) is 29.7. The molecule has 3 aromatic carbocycles. The first-order valence-corrected chi connectivity index (χ1v) is 14.5. The molecule has 2 amide bonds. The topological polar surface area (TPSA) is 96.0 Å². The van der Waals surface area contributed by atoms with Gasteiger partial charge in [-0.05, 0) is 62.2 Å². The molecule has 3 rings (SSSR count). The van der Waals surface area contributed by atoms with Crippen LogP contribution in [0.2, 0.25) is 0 Å². The average Bonchev–Trinajstić information content (AvgIpc) is 2.95. The molecule has 0 saturated carbocycles. The summed E-state index contributed by atoms with van der Waals surface area (Å²) < 4.78 is 33.8. The molecule has 8 nitrogen and oxygen atoms in total. The van der Waals surface area contributed by atoms with E-state index in [9.17, 15) is 18.0 Å². The van der Waals surface area contributed by atoms with Crippen molar-refractivity contribution < 1.29 is 22.7 Å². The number of aryl methyl sites for hydroxylation is 1. The van der Waals surface area contributed by atoms with E-state index in [1.165, 1.54) is 24.1 Å². The number of hydrogen-bond acceptors (Lipinski definition) is 5. The molecule has 0 aliphatic carbocycles. The van der Waals surface area contributed by atoms with E-state index in [2.05, 4.69) is 5.32 Å². The zero-order valence-corrected chi connectivity index (χ0v) is 23.8. The molecule has 0 radical (unpaired) electrons. The summed E-state index contributed by atoms with van der Waals surface area (Å²) in [5.41, 5.74) is 2.26. The molecule has 0 saturated heterocycles. The van der Waals surface area contributed by atoms with Crippen molar-refractivity contribution in [2.24, 2.45) is 0 Å². The van der Waals surface area contributed by atoms with E-state index in [0.717, 1.165) is 28.3 Å². The summed E-state index contributed by atoms with van der Waals surface area (Å²) in [6.07, 6.45) is 1.75. The lowest BCUT2D eigenvalue weighted by atomic mass is 10.1. The maximum absolute atomic E-state index is 13.9. The molecule has 0 unspecified atom stereocenters. The van der Waals surface area contributed by atoms with Crippen molar-refractivity contribution in [2.75, 3.05) is 24.5 Å². The second-order valence-electron chi connectivity index (χ2n) is 9.35. The normalized spacial score (nSPS) is 11.9. The number of nitrogens with zero attached hydrogens (tertiary/aromatic N) is 2. The minimum Gasteiger partial charge on any atom is -0.497 e. The molecule has 1 N–H and O–H groups in total. The quantitative estimate of drug-likeness (QED) is 0.315. The first-order valence-electron chi connectivity index (χ1n) is 13.0. The van der Waals surface area contributed by atoms with Crippen LogP contribution in [-0.2, 0) is 26.2 Å². The van der Waals surface area contributed by atoms with Gasteiger partial charge in [-0.25, -0.2) is 8.42 Å². The Hall–Kier alpha value is -3.85. The van der Waals surface area contributed by atoms with Crippen LogP contribution in [-0.4, -0.2) is 51.4 Å². The third-order valence-corrected chi connectivity index (χ3v) is 8.23. The van der Waals surface area contributed by atoms with Crippen LogP contribution < -0.4 is 14.4 Å². The van der Waals surface area contributed by atoms with E-state index in [-0.39, 0.29) is 17.3 Å². The average molecular weight is 552 g/mol. The number of benzene rings is 3. The van der Waals surface area contributed by atoms with Gasteiger partial charge in [0, 0.05) is 13.1 Å². The highest BCUT2D eigenvalue weighted by atomic mass is 32.2. The molecule has 39 heavy (non-hydrogen) atoms. The Kier molecular flexibility index (Phi) is 10.5. The fraction of sp³-hybridized carbons (Fsp3) is 0.333. The predicted molar refractivity (Wildman–Crippen MR) is 153 cm³/mol. The fourth-order valence-corrected chi connectivity index (χ4v) is 5.42. The number of hydrogen-bond donors (Lipinski definition) is 1. The molecule has 0 fully saturated rings. The fourth-order valence-electron chi connectivity index (χ4n) is 4.01. The van der Waals surface area contributed by atoms with Crippen molar-refractivity contribution in [1.29, 1.82) is 0 Å². The number of ether oxygens (including phenoxy) is 1. The number of anilines is 1. The molecule has 0 heterocycles. The van der Waals surface area contributed by atoms with Gasteiger partial charge in [0.1, 0.15) is 18.3 Å². The minimum atomic E-state index is -4.12. The zero-order valence-electron chi connectivity index (χ0n) is 23.0. The number of methoxy groups -OCH3 is 1. The lowest BCUT2D eigenvalue weighted by Gasteiger charge is -2.32. The smallest absolute Gasteiger partial charge is 0.264 e.